The second-order valence-electron chi connectivity index (χ2n) is 10.5. The monoisotopic (exact) mass is 513 g/mol. The van der Waals surface area contributed by atoms with Gasteiger partial charge in [-0.2, -0.15) is 0 Å². The highest BCUT2D eigenvalue weighted by Crippen LogP contribution is 2.32. The molecule has 6 nitrogen and oxygen atoms in total. The number of nitrogens with two attached hydrogens (primary N) is 2. The minimum Gasteiger partial charge on any atom is -0.508 e. The standard InChI is InChI=1S/C22H25NO.C10H14N2O2/c1-2-22(24)23-11-5-8-20-13-16(9-10-21(20)23)12-17-14-18-6-3-4-7-19(18)15-17;1-6-4-7(13)5-9(11)8(6)2-3-10(12)14/h3-4,6-7,9-10,13,17H,2,5,8,11-12,14-15H2,1H3;4-5,13H,2-3,11H2,1H3,(H2,12,14). The number of amides is 2. The number of nitrogen functional groups attached to an aromatic ring is 1. The van der Waals surface area contributed by atoms with Gasteiger partial charge in [0.25, 0.3) is 0 Å². The number of hydrogen-bond acceptors (Lipinski definition) is 4. The molecule has 6 heteroatoms. The first-order valence-electron chi connectivity index (χ1n) is 13.6. The van der Waals surface area contributed by atoms with Crippen molar-refractivity contribution < 1.29 is 14.7 Å². The molecular weight excluding hydrogens is 474 g/mol. The molecule has 5 rings (SSSR count). The van der Waals surface area contributed by atoms with Gasteiger partial charge in [-0.1, -0.05) is 43.3 Å². The van der Waals surface area contributed by atoms with Crippen LogP contribution in [0.5, 0.6) is 5.75 Å². The average molecular weight is 514 g/mol. The molecule has 0 unspecified atom stereocenters. The number of fused-ring (bicyclic) bond motifs is 2. The fourth-order valence-corrected chi connectivity index (χ4v) is 5.77. The molecule has 38 heavy (non-hydrogen) atoms. The predicted octanol–water partition coefficient (Wildman–Crippen LogP) is 5.03. The van der Waals surface area contributed by atoms with E-state index < -0.39 is 0 Å². The highest BCUT2D eigenvalue weighted by Gasteiger charge is 2.24. The molecule has 2 amide bonds. The Hall–Kier alpha value is -3.80. The lowest BCUT2D eigenvalue weighted by Crippen LogP contribution is -2.34. The molecule has 3 aromatic carbocycles. The van der Waals surface area contributed by atoms with Gasteiger partial charge in [-0.3, -0.25) is 9.59 Å². The van der Waals surface area contributed by atoms with Crippen molar-refractivity contribution in [1.29, 1.82) is 0 Å². The van der Waals surface area contributed by atoms with Gasteiger partial charge in [0.1, 0.15) is 5.75 Å². The Kier molecular flexibility index (Phi) is 8.72. The molecule has 1 heterocycles. The third-order valence-corrected chi connectivity index (χ3v) is 7.64. The number of phenols is 1. The Morgan fingerprint density at radius 1 is 1.03 bits per heavy atom. The summed E-state index contributed by atoms with van der Waals surface area (Å²) < 4.78 is 0. The second-order valence-corrected chi connectivity index (χ2v) is 10.5. The van der Waals surface area contributed by atoms with Crippen LogP contribution in [0, 0.1) is 12.8 Å². The highest BCUT2D eigenvalue weighted by atomic mass is 16.3. The summed E-state index contributed by atoms with van der Waals surface area (Å²) in [6, 6.07) is 18.7. The van der Waals surface area contributed by atoms with Crippen LogP contribution in [0.15, 0.2) is 54.6 Å². The van der Waals surface area contributed by atoms with E-state index in [2.05, 4.69) is 42.5 Å². The highest BCUT2D eigenvalue weighted by molar-refractivity contribution is 5.94. The SMILES string of the molecule is CCC(=O)N1CCCc2cc(CC3Cc4ccccc4C3)ccc21.Cc1cc(O)cc(N)c1CCC(N)=O. The first kappa shape index (κ1) is 27.2. The Bertz CT molecular complexity index is 1270. The van der Waals surface area contributed by atoms with Gasteiger partial charge in [0.2, 0.25) is 11.8 Å². The van der Waals surface area contributed by atoms with Gasteiger partial charge in [0.15, 0.2) is 0 Å². The molecule has 2 aliphatic rings. The quantitative estimate of drug-likeness (QED) is 0.401. The fourth-order valence-electron chi connectivity index (χ4n) is 5.77. The Balaban J connectivity index is 0.000000206. The van der Waals surface area contributed by atoms with Crippen LogP contribution in [0.4, 0.5) is 11.4 Å². The number of rotatable bonds is 6. The maximum atomic E-state index is 12.1. The van der Waals surface area contributed by atoms with Gasteiger partial charge in [0.05, 0.1) is 0 Å². The third-order valence-electron chi connectivity index (χ3n) is 7.64. The Morgan fingerprint density at radius 2 is 1.74 bits per heavy atom. The summed E-state index contributed by atoms with van der Waals surface area (Å²) in [6.07, 6.45) is 7.11. The van der Waals surface area contributed by atoms with E-state index in [-0.39, 0.29) is 24.0 Å². The molecule has 1 aliphatic carbocycles. The van der Waals surface area contributed by atoms with E-state index >= 15 is 0 Å². The number of aromatic hydroxyl groups is 1. The summed E-state index contributed by atoms with van der Waals surface area (Å²) >= 11 is 0. The molecule has 1 aliphatic heterocycles. The topological polar surface area (TPSA) is 110 Å². The van der Waals surface area contributed by atoms with Gasteiger partial charge >= 0.3 is 0 Å². The van der Waals surface area contributed by atoms with E-state index in [4.69, 9.17) is 11.5 Å². The molecule has 0 bridgehead atoms. The summed E-state index contributed by atoms with van der Waals surface area (Å²) in [7, 11) is 0. The molecule has 0 spiro atoms. The zero-order valence-corrected chi connectivity index (χ0v) is 22.5. The van der Waals surface area contributed by atoms with Crippen molar-refractivity contribution in [2.45, 2.75) is 65.2 Å². The van der Waals surface area contributed by atoms with Crippen molar-refractivity contribution in [3.05, 3.63) is 88.0 Å². The molecule has 5 N–H and O–H groups in total. The number of carbonyl (C=O) groups excluding carboxylic acids is 2. The molecule has 0 radical (unpaired) electrons. The zero-order valence-electron chi connectivity index (χ0n) is 22.5. The molecule has 0 saturated carbocycles. The Morgan fingerprint density at radius 3 is 2.37 bits per heavy atom. The lowest BCUT2D eigenvalue weighted by molar-refractivity contribution is -0.119. The van der Waals surface area contributed by atoms with Crippen molar-refractivity contribution >= 4 is 23.2 Å². The van der Waals surface area contributed by atoms with Crippen LogP contribution >= 0.6 is 0 Å². The van der Waals surface area contributed by atoms with Crippen molar-refractivity contribution in [2.75, 3.05) is 17.2 Å². The van der Waals surface area contributed by atoms with E-state index in [1.807, 2.05) is 18.7 Å². The summed E-state index contributed by atoms with van der Waals surface area (Å²) in [6.45, 7) is 4.66. The summed E-state index contributed by atoms with van der Waals surface area (Å²) in [4.78, 5) is 24.7. The number of benzene rings is 3. The number of carbonyl (C=O) groups is 2. The molecule has 0 atom stereocenters. The lowest BCUT2D eigenvalue weighted by atomic mass is 9.92. The maximum Gasteiger partial charge on any atom is 0.226 e. The largest absolute Gasteiger partial charge is 0.508 e. The maximum absolute atomic E-state index is 12.1. The second kappa shape index (κ2) is 12.2. The lowest BCUT2D eigenvalue weighted by Gasteiger charge is -2.30. The third kappa shape index (κ3) is 6.55. The fraction of sp³-hybridized carbons (Fsp3) is 0.375. The van der Waals surface area contributed by atoms with Gasteiger partial charge in [-0.25, -0.2) is 0 Å². The number of phenolic OH excluding ortho intramolecular Hbond substituents is 1. The zero-order chi connectivity index (χ0) is 27.2. The molecule has 0 saturated heterocycles. The van der Waals surface area contributed by atoms with Crippen LogP contribution in [-0.4, -0.2) is 23.5 Å². The van der Waals surface area contributed by atoms with Crippen LogP contribution in [0.3, 0.4) is 0 Å². The van der Waals surface area contributed by atoms with Crippen LogP contribution < -0.4 is 16.4 Å². The number of hydrogen-bond donors (Lipinski definition) is 3. The minimum atomic E-state index is -0.350. The van der Waals surface area contributed by atoms with Gasteiger partial charge < -0.3 is 21.5 Å². The summed E-state index contributed by atoms with van der Waals surface area (Å²) in [5.74, 6) is 0.757. The summed E-state index contributed by atoms with van der Waals surface area (Å²) in [5.41, 5.74) is 20.0. The number of nitrogens with zero attached hydrogens (tertiary/aromatic N) is 1. The first-order valence-corrected chi connectivity index (χ1v) is 13.6. The van der Waals surface area contributed by atoms with Crippen LogP contribution in [-0.2, 0) is 41.7 Å². The average Bonchev–Trinajstić information content (AvgIpc) is 3.29. The van der Waals surface area contributed by atoms with Crippen molar-refractivity contribution in [3.63, 3.8) is 0 Å². The van der Waals surface area contributed by atoms with Crippen molar-refractivity contribution in [1.82, 2.24) is 0 Å². The predicted molar refractivity (Wildman–Crippen MR) is 153 cm³/mol. The van der Waals surface area contributed by atoms with Crippen molar-refractivity contribution in [2.24, 2.45) is 11.7 Å². The number of anilines is 2. The normalized spacial score (nSPS) is 14.3. The van der Waals surface area contributed by atoms with E-state index in [1.54, 1.807) is 6.07 Å². The van der Waals surface area contributed by atoms with Gasteiger partial charge in [0, 0.05) is 36.8 Å². The van der Waals surface area contributed by atoms with Crippen LogP contribution in [0.1, 0.15) is 59.6 Å². The van der Waals surface area contributed by atoms with Crippen LogP contribution in [0.25, 0.3) is 0 Å². The number of aryl methyl sites for hydroxylation is 2. The molecule has 0 fully saturated rings. The Labute approximate surface area is 225 Å². The van der Waals surface area contributed by atoms with E-state index in [0.717, 1.165) is 48.5 Å². The van der Waals surface area contributed by atoms with E-state index in [0.29, 0.717) is 18.5 Å². The molecular formula is C32H39N3O3. The molecule has 3 aromatic rings. The molecule has 0 aromatic heterocycles. The van der Waals surface area contributed by atoms with Gasteiger partial charge in [-0.15, -0.1) is 0 Å². The van der Waals surface area contributed by atoms with E-state index in [1.165, 1.54) is 41.2 Å². The van der Waals surface area contributed by atoms with E-state index in [9.17, 15) is 14.7 Å². The first-order chi connectivity index (χ1) is 18.2. The summed E-state index contributed by atoms with van der Waals surface area (Å²) in [5, 5.41) is 9.22. The van der Waals surface area contributed by atoms with Crippen LogP contribution in [0.2, 0.25) is 0 Å². The minimum absolute atomic E-state index is 0.142. The van der Waals surface area contributed by atoms with Gasteiger partial charge in [-0.05, 0) is 96.9 Å². The van der Waals surface area contributed by atoms with Crippen molar-refractivity contribution in [3.8, 4) is 5.75 Å². The number of primary amides is 1. The smallest absolute Gasteiger partial charge is 0.226 e. The molecule has 200 valence electrons.